The van der Waals surface area contributed by atoms with Crippen LogP contribution in [0.3, 0.4) is 0 Å². The summed E-state index contributed by atoms with van der Waals surface area (Å²) in [6.07, 6.45) is 1.10. The number of hydrogen-bond acceptors (Lipinski definition) is 11. The van der Waals surface area contributed by atoms with Crippen molar-refractivity contribution >= 4 is 52.3 Å². The van der Waals surface area contributed by atoms with Crippen molar-refractivity contribution in [3.05, 3.63) is 164 Å². The maximum atomic E-state index is 13.3. The summed E-state index contributed by atoms with van der Waals surface area (Å²) in [5.41, 5.74) is 8.74. The molecular weight excluding hydrogens is 947 g/mol. The molecule has 6 aromatic rings. The van der Waals surface area contributed by atoms with E-state index in [2.05, 4.69) is 82.5 Å². The summed E-state index contributed by atoms with van der Waals surface area (Å²) in [6, 6.07) is 34.2. The lowest BCUT2D eigenvalue weighted by Crippen LogP contribution is -2.52. The van der Waals surface area contributed by atoms with Crippen LogP contribution in [-0.2, 0) is 50.9 Å². The zero-order valence-electron chi connectivity index (χ0n) is 41.3. The first-order valence-corrected chi connectivity index (χ1v) is 26.5. The summed E-state index contributed by atoms with van der Waals surface area (Å²) < 4.78 is 56.5. The smallest absolute Gasteiger partial charge is 0.303 e. The van der Waals surface area contributed by atoms with Gasteiger partial charge in [-0.15, -0.1) is 22.7 Å². The minimum absolute atomic E-state index is 0.0157. The fourth-order valence-corrected chi connectivity index (χ4v) is 12.3. The van der Waals surface area contributed by atoms with Gasteiger partial charge in [-0.25, -0.2) is 8.78 Å². The number of ether oxygens (including phenoxy) is 5. The van der Waals surface area contributed by atoms with Gasteiger partial charge in [0.25, 0.3) is 0 Å². The van der Waals surface area contributed by atoms with Gasteiger partial charge in [-0.2, -0.15) is 11.8 Å². The summed E-state index contributed by atoms with van der Waals surface area (Å²) in [5, 5.41) is 0.0254. The van der Waals surface area contributed by atoms with E-state index in [1.54, 1.807) is 46.6 Å². The van der Waals surface area contributed by atoms with Crippen LogP contribution in [0.4, 0.5) is 8.78 Å². The van der Waals surface area contributed by atoms with Gasteiger partial charge in [-0.1, -0.05) is 74.5 Å². The molecule has 0 radical (unpaired) electrons. The Morgan fingerprint density at radius 2 is 0.943 bits per heavy atom. The van der Waals surface area contributed by atoms with Crippen LogP contribution in [0, 0.1) is 37.3 Å². The number of carbonyl (C=O) groups is 3. The monoisotopic (exact) mass is 1010 g/mol. The second kappa shape index (κ2) is 23.4. The van der Waals surface area contributed by atoms with Gasteiger partial charge in [0.2, 0.25) is 0 Å². The maximum Gasteiger partial charge on any atom is 0.303 e. The number of thiophene rings is 2. The molecule has 4 heterocycles. The fourth-order valence-electron chi connectivity index (χ4n) is 9.17. The van der Waals surface area contributed by atoms with Crippen molar-refractivity contribution in [1.82, 2.24) is 0 Å². The molecule has 2 aliphatic heterocycles. The van der Waals surface area contributed by atoms with Crippen LogP contribution in [0.5, 0.6) is 0 Å². The topological polar surface area (TPSA) is 97.4 Å². The minimum Gasteiger partial charge on any atom is -0.461 e. The van der Waals surface area contributed by atoms with E-state index >= 15 is 0 Å². The van der Waals surface area contributed by atoms with Gasteiger partial charge in [0.1, 0.15) is 29.9 Å². The highest BCUT2D eigenvalue weighted by Crippen LogP contribution is 2.44. The number of thioether (sulfide) groups is 1. The first kappa shape index (κ1) is 52.6. The normalized spacial score (nSPS) is 24.2. The van der Waals surface area contributed by atoms with Crippen molar-refractivity contribution < 1.29 is 46.8 Å². The van der Waals surface area contributed by atoms with Crippen LogP contribution in [0.1, 0.15) is 104 Å². The largest absolute Gasteiger partial charge is 0.461 e. The van der Waals surface area contributed by atoms with E-state index in [9.17, 15) is 23.2 Å². The fraction of sp³-hybridized carbons (Fsp3) is 0.386. The summed E-state index contributed by atoms with van der Waals surface area (Å²) >= 11 is 5.10. The Balaban J connectivity index is 0.000000207. The van der Waals surface area contributed by atoms with Crippen LogP contribution in [0.2, 0.25) is 0 Å². The highest BCUT2D eigenvalue weighted by Gasteiger charge is 2.47. The molecule has 2 aromatic heterocycles. The third-order valence-electron chi connectivity index (χ3n) is 13.4. The zero-order chi connectivity index (χ0) is 50.4. The van der Waals surface area contributed by atoms with Gasteiger partial charge < -0.3 is 23.7 Å². The number of esters is 3. The molecular formula is C57H62F2O8S3. The summed E-state index contributed by atoms with van der Waals surface area (Å²) in [7, 11) is 0. The molecule has 0 spiro atoms. The standard InChI is InChI=1S/C29H31FO5S.C28H31FO3S2/c1-16-6-7-22(28-29(35-20(5)32)27(34-19(4)31)17(2)18(3)33-28)14-23(16)15-25-12-13-26(36-25)21-8-10-24(30)11-9-21;1-16-6-7-21(27-28(33-5)26(32-19(4)30)17(2)18(3)31-27)14-22(16)15-24-12-13-25(34-24)20-8-10-23(29)11-9-20/h6-14,17-18,27-29H,15H2,1-5H3;6-14,17-18,26-28H,15H2,1-5H3/t17-,18-,27+,28?,29-;17-,18-,26+,27?,28-/m11/s1. The number of aryl methyl sites for hydroxylation is 2. The molecule has 10 atom stereocenters. The summed E-state index contributed by atoms with van der Waals surface area (Å²) in [4.78, 5) is 40.3. The van der Waals surface area contributed by atoms with Crippen molar-refractivity contribution in [2.45, 2.75) is 123 Å². The van der Waals surface area contributed by atoms with E-state index < -0.39 is 30.3 Å². The van der Waals surface area contributed by atoms with E-state index in [-0.39, 0.29) is 59.1 Å². The lowest BCUT2D eigenvalue weighted by atomic mass is 9.85. The molecule has 2 aliphatic rings. The van der Waals surface area contributed by atoms with Crippen LogP contribution in [0.25, 0.3) is 20.9 Å². The Bertz CT molecular complexity index is 2750. The SMILES string of the molecule is CC(=O)O[C@H]1[C@H](C)[C@@H](C)OC(c2ccc(C)c(Cc3ccc(-c4ccc(F)cc4)s3)c2)[C@@H]1OC(C)=O.CS[C@H]1C(c2ccc(C)c(Cc3ccc(-c4ccc(F)cc4)s3)c2)O[C@H](C)[C@@H](C)[C@@H]1OC(C)=O. The van der Waals surface area contributed by atoms with Crippen LogP contribution < -0.4 is 0 Å². The van der Waals surface area contributed by atoms with Crippen molar-refractivity contribution in [3.8, 4) is 20.9 Å². The lowest BCUT2D eigenvalue weighted by Gasteiger charge is -2.44. The van der Waals surface area contributed by atoms with Crippen molar-refractivity contribution in [3.63, 3.8) is 0 Å². The van der Waals surface area contributed by atoms with E-state index in [0.29, 0.717) is 0 Å². The van der Waals surface area contributed by atoms with Gasteiger partial charge in [0.15, 0.2) is 6.10 Å². The molecule has 0 N–H and O–H groups in total. The second-order valence-electron chi connectivity index (χ2n) is 18.4. The third-order valence-corrected chi connectivity index (χ3v) is 16.7. The molecule has 70 heavy (non-hydrogen) atoms. The summed E-state index contributed by atoms with van der Waals surface area (Å²) in [6.45, 7) is 16.4. The Kier molecular flexibility index (Phi) is 17.6. The minimum atomic E-state index is -0.750. The molecule has 2 unspecified atom stereocenters. The predicted molar refractivity (Wildman–Crippen MR) is 276 cm³/mol. The van der Waals surface area contributed by atoms with Crippen LogP contribution in [0.15, 0.2) is 109 Å². The molecule has 4 aromatic carbocycles. The Hall–Kier alpha value is -5.18. The van der Waals surface area contributed by atoms with Crippen LogP contribution in [-0.4, -0.2) is 59.9 Å². The van der Waals surface area contributed by atoms with Crippen molar-refractivity contribution in [2.75, 3.05) is 6.26 Å². The number of hydrogen-bond donors (Lipinski definition) is 0. The molecule has 0 amide bonds. The summed E-state index contributed by atoms with van der Waals surface area (Å²) in [5.74, 6) is -1.61. The average molecular weight is 1010 g/mol. The first-order chi connectivity index (χ1) is 33.4. The molecule has 0 saturated carbocycles. The maximum absolute atomic E-state index is 13.3. The number of halogens is 2. The molecule has 13 heteroatoms. The van der Waals surface area contributed by atoms with E-state index in [1.807, 2.05) is 38.1 Å². The third kappa shape index (κ3) is 12.8. The van der Waals surface area contributed by atoms with E-state index in [1.165, 1.54) is 65.9 Å². The highest BCUT2D eigenvalue weighted by molar-refractivity contribution is 7.99. The second-order valence-corrected chi connectivity index (χ2v) is 21.8. The van der Waals surface area contributed by atoms with Gasteiger partial charge in [0.05, 0.1) is 23.6 Å². The van der Waals surface area contributed by atoms with Crippen molar-refractivity contribution in [2.24, 2.45) is 11.8 Å². The first-order valence-electron chi connectivity index (χ1n) is 23.6. The number of benzene rings is 4. The van der Waals surface area contributed by atoms with Gasteiger partial charge in [0, 0.05) is 65.0 Å². The Morgan fingerprint density at radius 3 is 1.39 bits per heavy atom. The van der Waals surface area contributed by atoms with Gasteiger partial charge >= 0.3 is 17.9 Å². The van der Waals surface area contributed by atoms with E-state index in [4.69, 9.17) is 23.7 Å². The molecule has 0 aliphatic carbocycles. The Morgan fingerprint density at radius 1 is 0.543 bits per heavy atom. The number of rotatable bonds is 12. The lowest BCUT2D eigenvalue weighted by molar-refractivity contribution is -0.222. The molecule has 2 saturated heterocycles. The van der Waals surface area contributed by atoms with Gasteiger partial charge in [-0.05, 0) is 127 Å². The molecule has 8 rings (SSSR count). The van der Waals surface area contributed by atoms with Crippen molar-refractivity contribution in [1.29, 1.82) is 0 Å². The molecule has 8 nitrogen and oxygen atoms in total. The van der Waals surface area contributed by atoms with Gasteiger partial charge in [-0.3, -0.25) is 14.4 Å². The van der Waals surface area contributed by atoms with Crippen LogP contribution >= 0.6 is 34.4 Å². The predicted octanol–water partition coefficient (Wildman–Crippen LogP) is 13.6. The average Bonchev–Trinajstić information content (AvgIpc) is 4.00. The highest BCUT2D eigenvalue weighted by atomic mass is 32.2. The number of carbonyl (C=O) groups excluding carboxylic acids is 3. The molecule has 2 fully saturated rings. The molecule has 370 valence electrons. The molecule has 0 bridgehead atoms. The zero-order valence-corrected chi connectivity index (χ0v) is 43.8. The van der Waals surface area contributed by atoms with E-state index in [0.717, 1.165) is 56.0 Å². The Labute approximate surface area is 423 Å². The quantitative estimate of drug-likeness (QED) is 0.0877.